The van der Waals surface area contributed by atoms with Crippen molar-refractivity contribution in [3.8, 4) is 5.75 Å². The molecule has 0 N–H and O–H groups in total. The first kappa shape index (κ1) is 16.0. The fraction of sp³-hybridized carbons (Fsp3) is 0.200. The monoisotopic (exact) mass is 321 g/mol. The molecular formula is C20H19NO3. The number of hydrogen-bond donors (Lipinski definition) is 0. The quantitative estimate of drug-likeness (QED) is 0.548. The average Bonchev–Trinajstić information content (AvgIpc) is 2.54. The Morgan fingerprint density at radius 3 is 2.42 bits per heavy atom. The third kappa shape index (κ3) is 3.08. The third-order valence-corrected chi connectivity index (χ3v) is 4.00. The number of esters is 1. The molecule has 122 valence electrons. The van der Waals surface area contributed by atoms with Gasteiger partial charge in [-0.1, -0.05) is 29.8 Å². The first-order valence-electron chi connectivity index (χ1n) is 7.82. The van der Waals surface area contributed by atoms with Crippen molar-refractivity contribution in [3.63, 3.8) is 0 Å². The molecule has 0 bridgehead atoms. The third-order valence-electron chi connectivity index (χ3n) is 4.00. The molecule has 0 saturated heterocycles. The van der Waals surface area contributed by atoms with Gasteiger partial charge in [0.1, 0.15) is 12.3 Å². The van der Waals surface area contributed by atoms with Crippen LogP contribution in [0.25, 0.3) is 10.9 Å². The molecule has 0 saturated carbocycles. The number of nitrogens with zero attached hydrogens (tertiary/aromatic N) is 1. The van der Waals surface area contributed by atoms with E-state index in [2.05, 4.69) is 0 Å². The van der Waals surface area contributed by atoms with Gasteiger partial charge in [-0.2, -0.15) is 0 Å². The van der Waals surface area contributed by atoms with E-state index in [1.54, 1.807) is 16.8 Å². The highest BCUT2D eigenvalue weighted by Crippen LogP contribution is 2.24. The lowest BCUT2D eigenvalue weighted by Gasteiger charge is -2.13. The molecule has 0 unspecified atom stereocenters. The van der Waals surface area contributed by atoms with E-state index in [4.69, 9.17) is 4.74 Å². The Balaban J connectivity index is 1.89. The van der Waals surface area contributed by atoms with Gasteiger partial charge >= 0.3 is 5.97 Å². The Labute approximate surface area is 140 Å². The van der Waals surface area contributed by atoms with Gasteiger partial charge in [0.25, 0.3) is 0 Å². The molecule has 4 nitrogen and oxygen atoms in total. The molecule has 0 fully saturated rings. The molecular weight excluding hydrogens is 302 g/mol. The predicted molar refractivity (Wildman–Crippen MR) is 94.5 cm³/mol. The molecule has 1 aromatic heterocycles. The molecule has 0 spiro atoms. The van der Waals surface area contributed by atoms with Crippen molar-refractivity contribution in [3.05, 3.63) is 75.6 Å². The van der Waals surface area contributed by atoms with Gasteiger partial charge in [0.15, 0.2) is 5.43 Å². The summed E-state index contributed by atoms with van der Waals surface area (Å²) in [5.74, 6) is 0.245. The van der Waals surface area contributed by atoms with E-state index < -0.39 is 0 Å². The maximum Gasteiger partial charge on any atom is 0.331 e. The first-order valence-corrected chi connectivity index (χ1v) is 7.82. The van der Waals surface area contributed by atoms with Gasteiger partial charge in [-0.05, 0) is 44.0 Å². The standard InChI is InChI=1S/C20H19NO3/c1-13-10-14(2)20(15(3)11-13)24-19(23)12-21-9-8-18(22)16-6-4-5-7-17(16)21/h4-11H,12H2,1-3H3. The van der Waals surface area contributed by atoms with Gasteiger partial charge in [0, 0.05) is 17.6 Å². The van der Waals surface area contributed by atoms with Crippen molar-refractivity contribution < 1.29 is 9.53 Å². The second-order valence-corrected chi connectivity index (χ2v) is 6.03. The van der Waals surface area contributed by atoms with Crippen LogP contribution in [0.2, 0.25) is 0 Å². The minimum atomic E-state index is -0.362. The van der Waals surface area contributed by atoms with Crippen LogP contribution in [0.4, 0.5) is 0 Å². The molecule has 4 heteroatoms. The number of pyridine rings is 1. The van der Waals surface area contributed by atoms with Crippen molar-refractivity contribution >= 4 is 16.9 Å². The highest BCUT2D eigenvalue weighted by atomic mass is 16.5. The van der Waals surface area contributed by atoms with E-state index >= 15 is 0 Å². The average molecular weight is 321 g/mol. The van der Waals surface area contributed by atoms with E-state index in [9.17, 15) is 9.59 Å². The summed E-state index contributed by atoms with van der Waals surface area (Å²) in [4.78, 5) is 24.3. The van der Waals surface area contributed by atoms with Crippen molar-refractivity contribution in [1.82, 2.24) is 4.57 Å². The molecule has 0 radical (unpaired) electrons. The normalized spacial score (nSPS) is 10.8. The number of para-hydroxylation sites is 1. The molecule has 0 aliphatic heterocycles. The zero-order valence-corrected chi connectivity index (χ0v) is 14.0. The number of hydrogen-bond acceptors (Lipinski definition) is 3. The Morgan fingerprint density at radius 2 is 1.71 bits per heavy atom. The molecule has 3 rings (SSSR count). The fourth-order valence-corrected chi connectivity index (χ4v) is 3.01. The number of rotatable bonds is 3. The van der Waals surface area contributed by atoms with Gasteiger partial charge < -0.3 is 9.30 Å². The summed E-state index contributed by atoms with van der Waals surface area (Å²) in [6.07, 6.45) is 1.63. The van der Waals surface area contributed by atoms with E-state index in [1.807, 2.05) is 51.1 Å². The van der Waals surface area contributed by atoms with E-state index in [-0.39, 0.29) is 17.9 Å². The number of benzene rings is 2. The molecule has 24 heavy (non-hydrogen) atoms. The molecule has 0 aliphatic carbocycles. The lowest BCUT2D eigenvalue weighted by molar-refractivity contribution is -0.135. The Kier molecular flexibility index (Phi) is 4.21. The van der Waals surface area contributed by atoms with Crippen LogP contribution in [0.5, 0.6) is 5.75 Å². The maximum atomic E-state index is 12.4. The lowest BCUT2D eigenvalue weighted by Crippen LogP contribution is -2.19. The highest BCUT2D eigenvalue weighted by Gasteiger charge is 2.12. The Morgan fingerprint density at radius 1 is 1.04 bits per heavy atom. The number of ether oxygens (including phenoxy) is 1. The summed E-state index contributed by atoms with van der Waals surface area (Å²) in [5, 5.41) is 0.593. The van der Waals surface area contributed by atoms with Crippen molar-refractivity contribution in [2.75, 3.05) is 0 Å². The van der Waals surface area contributed by atoms with Crippen molar-refractivity contribution in [2.24, 2.45) is 0 Å². The highest BCUT2D eigenvalue weighted by molar-refractivity contribution is 5.81. The van der Waals surface area contributed by atoms with Crippen LogP contribution in [-0.2, 0) is 11.3 Å². The molecule has 0 aliphatic rings. The van der Waals surface area contributed by atoms with Gasteiger partial charge in [-0.25, -0.2) is 4.79 Å². The fourth-order valence-electron chi connectivity index (χ4n) is 3.01. The number of carbonyl (C=O) groups is 1. The summed E-state index contributed by atoms with van der Waals surface area (Å²) >= 11 is 0. The summed E-state index contributed by atoms with van der Waals surface area (Å²) in [6, 6.07) is 12.7. The summed E-state index contributed by atoms with van der Waals surface area (Å²) < 4.78 is 7.31. The minimum absolute atomic E-state index is 0.0492. The van der Waals surface area contributed by atoms with Crippen LogP contribution in [-0.4, -0.2) is 10.5 Å². The minimum Gasteiger partial charge on any atom is -0.425 e. The second-order valence-electron chi connectivity index (χ2n) is 6.03. The molecule has 3 aromatic rings. The van der Waals surface area contributed by atoms with Gasteiger partial charge in [-0.15, -0.1) is 0 Å². The second kappa shape index (κ2) is 6.32. The van der Waals surface area contributed by atoms with Crippen LogP contribution in [0.15, 0.2) is 53.5 Å². The Hall–Kier alpha value is -2.88. The molecule has 0 amide bonds. The van der Waals surface area contributed by atoms with Gasteiger partial charge in [0.2, 0.25) is 0 Å². The zero-order chi connectivity index (χ0) is 17.3. The van der Waals surface area contributed by atoms with E-state index in [0.29, 0.717) is 11.1 Å². The SMILES string of the molecule is Cc1cc(C)c(OC(=O)Cn2ccc(=O)c3ccccc32)c(C)c1. The van der Waals surface area contributed by atoms with Gasteiger partial charge in [0.05, 0.1) is 5.52 Å². The van der Waals surface area contributed by atoms with Crippen LogP contribution in [0.3, 0.4) is 0 Å². The topological polar surface area (TPSA) is 48.3 Å². The molecule has 0 atom stereocenters. The summed E-state index contributed by atoms with van der Waals surface area (Å²) in [5.41, 5.74) is 3.67. The van der Waals surface area contributed by atoms with Crippen molar-refractivity contribution in [2.45, 2.75) is 27.3 Å². The van der Waals surface area contributed by atoms with Gasteiger partial charge in [-0.3, -0.25) is 4.79 Å². The number of carbonyl (C=O) groups excluding carboxylic acids is 1. The zero-order valence-electron chi connectivity index (χ0n) is 14.0. The van der Waals surface area contributed by atoms with Crippen LogP contribution in [0.1, 0.15) is 16.7 Å². The van der Waals surface area contributed by atoms with E-state index in [1.165, 1.54) is 6.07 Å². The number of aromatic nitrogens is 1. The Bertz CT molecular complexity index is 963. The molecule has 1 heterocycles. The van der Waals surface area contributed by atoms with E-state index in [0.717, 1.165) is 22.2 Å². The first-order chi connectivity index (χ1) is 11.5. The number of aryl methyl sites for hydroxylation is 3. The van der Waals surface area contributed by atoms with Crippen LogP contribution < -0.4 is 10.2 Å². The predicted octanol–water partition coefficient (Wildman–Crippen LogP) is 3.53. The summed E-state index contributed by atoms with van der Waals surface area (Å²) in [6.45, 7) is 5.92. The lowest BCUT2D eigenvalue weighted by atomic mass is 10.1. The van der Waals surface area contributed by atoms with Crippen molar-refractivity contribution in [1.29, 1.82) is 0 Å². The summed E-state index contributed by atoms with van der Waals surface area (Å²) in [7, 11) is 0. The van der Waals surface area contributed by atoms with Crippen LogP contribution in [0, 0.1) is 20.8 Å². The largest absolute Gasteiger partial charge is 0.425 e. The molecule has 2 aromatic carbocycles. The maximum absolute atomic E-state index is 12.4. The number of fused-ring (bicyclic) bond motifs is 1. The van der Waals surface area contributed by atoms with Crippen LogP contribution >= 0.6 is 0 Å². The smallest absolute Gasteiger partial charge is 0.331 e.